The van der Waals surface area contributed by atoms with Gasteiger partial charge in [-0.2, -0.15) is 0 Å². The van der Waals surface area contributed by atoms with Crippen molar-refractivity contribution in [3.05, 3.63) is 12.7 Å². The van der Waals surface area contributed by atoms with E-state index in [0.717, 1.165) is 4.32 Å². The number of thiocarbonyl (C=S) groups is 1. The molecule has 1 fully saturated rings. The van der Waals surface area contributed by atoms with Crippen LogP contribution in [0.4, 0.5) is 0 Å². The second-order valence-corrected chi connectivity index (χ2v) is 5.57. The van der Waals surface area contributed by atoms with Crippen LogP contribution in [0.15, 0.2) is 12.7 Å². The van der Waals surface area contributed by atoms with Gasteiger partial charge in [0.2, 0.25) is 0 Å². The molecule has 1 unspecified atom stereocenters. The Morgan fingerprint density at radius 3 is 2.75 bits per heavy atom. The van der Waals surface area contributed by atoms with Crippen LogP contribution in [0.2, 0.25) is 0 Å². The van der Waals surface area contributed by atoms with E-state index in [-0.39, 0.29) is 4.75 Å². The second kappa shape index (κ2) is 3.36. The van der Waals surface area contributed by atoms with Crippen LogP contribution in [0.25, 0.3) is 0 Å². The van der Waals surface area contributed by atoms with Crippen LogP contribution >= 0.6 is 24.0 Å². The van der Waals surface area contributed by atoms with E-state index in [0.29, 0.717) is 6.54 Å². The van der Waals surface area contributed by atoms with Crippen molar-refractivity contribution in [2.24, 2.45) is 0 Å². The molecule has 12 heavy (non-hydrogen) atoms. The number of hydrogen-bond acceptors (Lipinski definition) is 3. The third-order valence-electron chi connectivity index (χ3n) is 1.83. The van der Waals surface area contributed by atoms with Gasteiger partial charge >= 0.3 is 0 Å². The second-order valence-electron chi connectivity index (χ2n) is 3.29. The van der Waals surface area contributed by atoms with Gasteiger partial charge in [0.15, 0.2) is 0 Å². The van der Waals surface area contributed by atoms with Crippen LogP contribution in [0.3, 0.4) is 0 Å². The monoisotopic (exact) mass is 203 g/mol. The Morgan fingerprint density at radius 1 is 1.83 bits per heavy atom. The van der Waals surface area contributed by atoms with Gasteiger partial charge in [0.25, 0.3) is 0 Å². The van der Waals surface area contributed by atoms with Crippen LogP contribution in [0, 0.1) is 0 Å². The van der Waals surface area contributed by atoms with Crippen molar-refractivity contribution in [2.45, 2.75) is 24.8 Å². The maximum atomic E-state index is 9.79. The molecular weight excluding hydrogens is 190 g/mol. The Hall–Kier alpha value is -0.0600. The summed E-state index contributed by atoms with van der Waals surface area (Å²) in [7, 11) is 0. The lowest BCUT2D eigenvalue weighted by Crippen LogP contribution is -2.40. The summed E-state index contributed by atoms with van der Waals surface area (Å²) in [5.74, 6) is 0. The average molecular weight is 203 g/mol. The van der Waals surface area contributed by atoms with Crippen LogP contribution in [0.5, 0.6) is 0 Å². The molecule has 0 aromatic heterocycles. The summed E-state index contributed by atoms with van der Waals surface area (Å²) in [5.41, 5.74) is 0. The minimum atomic E-state index is -0.493. The van der Waals surface area contributed by atoms with Crippen molar-refractivity contribution >= 4 is 28.3 Å². The summed E-state index contributed by atoms with van der Waals surface area (Å²) >= 11 is 6.65. The first-order chi connectivity index (χ1) is 5.49. The van der Waals surface area contributed by atoms with Crippen molar-refractivity contribution in [3.63, 3.8) is 0 Å². The van der Waals surface area contributed by atoms with E-state index in [1.807, 2.05) is 13.8 Å². The van der Waals surface area contributed by atoms with Gasteiger partial charge in [-0.25, -0.2) is 0 Å². The molecule has 1 aliphatic heterocycles. The van der Waals surface area contributed by atoms with Gasteiger partial charge in [-0.05, 0) is 13.8 Å². The van der Waals surface area contributed by atoms with Gasteiger partial charge in [0, 0.05) is 6.54 Å². The van der Waals surface area contributed by atoms with E-state index in [1.165, 1.54) is 11.8 Å². The highest BCUT2D eigenvalue weighted by Crippen LogP contribution is 2.39. The summed E-state index contributed by atoms with van der Waals surface area (Å²) in [4.78, 5) is 1.78. The lowest BCUT2D eigenvalue weighted by molar-refractivity contribution is 0.0452. The molecule has 1 saturated heterocycles. The number of thioether (sulfide) groups is 1. The highest BCUT2D eigenvalue weighted by atomic mass is 32.2. The molecule has 0 radical (unpaired) electrons. The number of aliphatic hydroxyl groups excluding tert-OH is 1. The number of hydrogen-bond donors (Lipinski definition) is 1. The number of rotatable bonds is 2. The van der Waals surface area contributed by atoms with Gasteiger partial charge in [0.05, 0.1) is 4.75 Å². The molecule has 68 valence electrons. The summed E-state index contributed by atoms with van der Waals surface area (Å²) in [5, 5.41) is 9.79. The quantitative estimate of drug-likeness (QED) is 0.544. The van der Waals surface area contributed by atoms with E-state index < -0.39 is 6.23 Å². The third-order valence-corrected chi connectivity index (χ3v) is 3.46. The van der Waals surface area contributed by atoms with Crippen molar-refractivity contribution < 1.29 is 5.11 Å². The van der Waals surface area contributed by atoms with Gasteiger partial charge in [-0.3, -0.25) is 0 Å². The van der Waals surface area contributed by atoms with Crippen molar-refractivity contribution in [1.29, 1.82) is 0 Å². The fraction of sp³-hybridized carbons (Fsp3) is 0.625. The molecule has 4 heteroatoms. The summed E-state index contributed by atoms with van der Waals surface area (Å²) in [6, 6.07) is 0. The summed E-state index contributed by atoms with van der Waals surface area (Å²) < 4.78 is 0.563. The lowest BCUT2D eigenvalue weighted by Gasteiger charge is -2.25. The van der Waals surface area contributed by atoms with Gasteiger partial charge in [-0.1, -0.05) is 30.1 Å². The maximum absolute atomic E-state index is 9.79. The van der Waals surface area contributed by atoms with Gasteiger partial charge < -0.3 is 10.0 Å². The summed E-state index contributed by atoms with van der Waals surface area (Å²) in [6.07, 6.45) is 1.25. The van der Waals surface area contributed by atoms with E-state index in [4.69, 9.17) is 12.2 Å². The summed E-state index contributed by atoms with van der Waals surface area (Å²) in [6.45, 7) is 8.21. The predicted molar refractivity (Wildman–Crippen MR) is 57.2 cm³/mol. The third kappa shape index (κ3) is 1.65. The molecular formula is C8H13NOS2. The standard InChI is InChI=1S/C8H13NOS2/c1-4-5-9-6(10)8(2,3)12-7(9)11/h4,6,10H,1,5H2,2-3H3. The molecule has 0 bridgehead atoms. The van der Waals surface area contributed by atoms with Crippen molar-refractivity contribution in [1.82, 2.24) is 4.90 Å². The minimum absolute atomic E-state index is 0.194. The molecule has 1 rings (SSSR count). The average Bonchev–Trinajstić information content (AvgIpc) is 2.13. The minimum Gasteiger partial charge on any atom is -0.372 e. The zero-order valence-electron chi connectivity index (χ0n) is 7.28. The van der Waals surface area contributed by atoms with Crippen LogP contribution in [0.1, 0.15) is 13.8 Å². The molecule has 0 saturated carbocycles. The largest absolute Gasteiger partial charge is 0.372 e. The Bertz CT molecular complexity index is 215. The van der Waals surface area contributed by atoms with E-state index in [2.05, 4.69) is 6.58 Å². The molecule has 1 aliphatic rings. The van der Waals surface area contributed by atoms with E-state index in [1.54, 1.807) is 11.0 Å². The fourth-order valence-electron chi connectivity index (χ4n) is 1.12. The molecule has 0 aliphatic carbocycles. The molecule has 1 N–H and O–H groups in total. The van der Waals surface area contributed by atoms with Crippen LogP contribution in [-0.2, 0) is 0 Å². The zero-order chi connectivity index (χ0) is 9.35. The normalized spacial score (nSPS) is 27.8. The van der Waals surface area contributed by atoms with Crippen molar-refractivity contribution in [2.75, 3.05) is 6.54 Å². The predicted octanol–water partition coefficient (Wildman–Crippen LogP) is 1.60. The number of aliphatic hydroxyl groups is 1. The molecule has 0 spiro atoms. The number of nitrogens with zero attached hydrogens (tertiary/aromatic N) is 1. The Kier molecular flexibility index (Phi) is 2.81. The molecule has 1 heterocycles. The van der Waals surface area contributed by atoms with Gasteiger partial charge in [-0.15, -0.1) is 6.58 Å². The Morgan fingerprint density at radius 2 is 2.42 bits per heavy atom. The fourth-order valence-corrected chi connectivity index (χ4v) is 2.92. The molecule has 2 nitrogen and oxygen atoms in total. The van der Waals surface area contributed by atoms with E-state index >= 15 is 0 Å². The first-order valence-electron chi connectivity index (χ1n) is 3.77. The zero-order valence-corrected chi connectivity index (χ0v) is 8.91. The molecule has 0 amide bonds. The highest BCUT2D eigenvalue weighted by Gasteiger charge is 2.42. The van der Waals surface area contributed by atoms with Crippen molar-refractivity contribution in [3.8, 4) is 0 Å². The molecule has 1 atom stereocenters. The van der Waals surface area contributed by atoms with Gasteiger partial charge in [0.1, 0.15) is 10.5 Å². The van der Waals surface area contributed by atoms with E-state index in [9.17, 15) is 5.11 Å². The topological polar surface area (TPSA) is 23.5 Å². The Balaban J connectivity index is 2.77. The smallest absolute Gasteiger partial charge is 0.142 e. The first-order valence-corrected chi connectivity index (χ1v) is 5.00. The van der Waals surface area contributed by atoms with Crippen LogP contribution in [-0.4, -0.2) is 31.8 Å². The Labute approximate surface area is 82.6 Å². The lowest BCUT2D eigenvalue weighted by atomic mass is 10.1. The highest BCUT2D eigenvalue weighted by molar-refractivity contribution is 8.24. The maximum Gasteiger partial charge on any atom is 0.142 e. The molecule has 0 aromatic rings. The SMILES string of the molecule is C=CCN1C(=S)SC(C)(C)C1O. The van der Waals surface area contributed by atoms with Crippen LogP contribution < -0.4 is 0 Å². The first kappa shape index (κ1) is 10.0. The molecule has 0 aromatic carbocycles.